The van der Waals surface area contributed by atoms with Gasteiger partial charge in [0.2, 0.25) is 0 Å². The van der Waals surface area contributed by atoms with E-state index >= 15 is 0 Å². The number of carbonyl (C=O) groups is 2. The van der Waals surface area contributed by atoms with Gasteiger partial charge in [0.25, 0.3) is 0 Å². The minimum atomic E-state index is -1.06. The maximum Gasteiger partial charge on any atom is 0.354 e. The molecule has 4 heterocycles. The SMILES string of the molecule is O=C(O)c1[nH]cc2c1N=C1CCCC(=O)C1C2c1cnc(Sc2nc3ccccc3[nH]2)s1. The maximum absolute atomic E-state index is 12.9. The number of aliphatic imine (C=N–C) groups is 1. The van der Waals surface area contributed by atoms with Crippen molar-refractivity contribution in [2.75, 3.05) is 0 Å². The van der Waals surface area contributed by atoms with Crippen LogP contribution in [0.4, 0.5) is 5.69 Å². The van der Waals surface area contributed by atoms with Gasteiger partial charge >= 0.3 is 5.97 Å². The third kappa shape index (κ3) is 3.09. The molecular formula is C22H17N5O3S2. The van der Waals surface area contributed by atoms with Gasteiger partial charge in [0, 0.05) is 40.9 Å². The summed E-state index contributed by atoms with van der Waals surface area (Å²) in [6.07, 6.45) is 5.44. The summed E-state index contributed by atoms with van der Waals surface area (Å²) in [5.74, 6) is -1.54. The monoisotopic (exact) mass is 463 g/mol. The fraction of sp³-hybridized carbons (Fsp3) is 0.227. The molecule has 160 valence electrons. The van der Waals surface area contributed by atoms with Crippen molar-refractivity contribution in [3.8, 4) is 0 Å². The largest absolute Gasteiger partial charge is 0.477 e. The fourth-order valence-corrected chi connectivity index (χ4v) is 6.63. The zero-order valence-electron chi connectivity index (χ0n) is 16.7. The number of aromatic carboxylic acids is 1. The lowest BCUT2D eigenvalue weighted by Crippen LogP contribution is -2.35. The number of carboxylic acid groups (broad SMARTS) is 1. The number of rotatable bonds is 4. The van der Waals surface area contributed by atoms with Crippen molar-refractivity contribution in [3.05, 3.63) is 52.8 Å². The second-order valence-electron chi connectivity index (χ2n) is 7.84. The average Bonchev–Trinajstić information content (AvgIpc) is 3.50. The zero-order valence-corrected chi connectivity index (χ0v) is 18.3. The standard InChI is InChI=1S/C22H17N5O3S2/c28-14-7-3-6-13-17(14)16(10-8-23-19(20(29)30)18(10)25-13)15-9-24-22(31-15)32-21-26-11-4-1-2-5-12(11)27-21/h1-2,4-5,8-9,16-17,23H,3,6-7H2,(H,26,27)(H,29,30). The first kappa shape index (κ1) is 19.4. The van der Waals surface area contributed by atoms with Gasteiger partial charge in [-0.3, -0.25) is 9.79 Å². The topological polar surface area (TPSA) is 124 Å². The van der Waals surface area contributed by atoms with Crippen LogP contribution in [0.15, 0.2) is 51.1 Å². The van der Waals surface area contributed by atoms with Crippen molar-refractivity contribution in [1.82, 2.24) is 19.9 Å². The van der Waals surface area contributed by atoms with Crippen LogP contribution in [0.5, 0.6) is 0 Å². The fourth-order valence-electron chi connectivity index (χ4n) is 4.56. The highest BCUT2D eigenvalue weighted by molar-refractivity contribution is 8.00. The normalized spacial score (nSPS) is 20.1. The van der Waals surface area contributed by atoms with Crippen LogP contribution in [0, 0.1) is 5.92 Å². The highest BCUT2D eigenvalue weighted by Crippen LogP contribution is 2.49. The maximum atomic E-state index is 12.9. The summed E-state index contributed by atoms with van der Waals surface area (Å²) in [7, 11) is 0. The van der Waals surface area contributed by atoms with Gasteiger partial charge in [0.1, 0.15) is 5.78 Å². The van der Waals surface area contributed by atoms with Crippen LogP contribution < -0.4 is 0 Å². The summed E-state index contributed by atoms with van der Waals surface area (Å²) < 4.78 is 0.807. The van der Waals surface area contributed by atoms with Crippen LogP contribution in [0.3, 0.4) is 0 Å². The summed E-state index contributed by atoms with van der Waals surface area (Å²) in [4.78, 5) is 45.5. The van der Waals surface area contributed by atoms with E-state index in [9.17, 15) is 14.7 Å². The molecule has 2 unspecified atom stereocenters. The predicted molar refractivity (Wildman–Crippen MR) is 121 cm³/mol. The molecule has 0 radical (unpaired) electrons. The Hall–Kier alpha value is -3.24. The van der Waals surface area contributed by atoms with Crippen molar-refractivity contribution in [2.45, 2.75) is 34.7 Å². The lowest BCUT2D eigenvalue weighted by Gasteiger charge is -2.33. The van der Waals surface area contributed by atoms with Crippen molar-refractivity contribution in [2.24, 2.45) is 10.9 Å². The number of thiazole rings is 1. The van der Waals surface area contributed by atoms with Crippen molar-refractivity contribution in [3.63, 3.8) is 0 Å². The number of aromatic nitrogens is 4. The molecule has 8 nitrogen and oxygen atoms in total. The Labute approximate surface area is 190 Å². The Morgan fingerprint density at radius 3 is 2.94 bits per heavy atom. The summed E-state index contributed by atoms with van der Waals surface area (Å²) in [5, 5.41) is 10.3. The molecule has 0 bridgehead atoms. The summed E-state index contributed by atoms with van der Waals surface area (Å²) >= 11 is 2.95. The molecule has 1 aromatic carbocycles. The number of carboxylic acids is 1. The molecule has 0 saturated heterocycles. The molecule has 0 spiro atoms. The van der Waals surface area contributed by atoms with Crippen LogP contribution in [0.1, 0.15) is 46.1 Å². The van der Waals surface area contributed by atoms with E-state index in [0.29, 0.717) is 18.5 Å². The number of Topliss-reactive ketones (excluding diaryl/α,β-unsaturated/α-hetero) is 1. The third-order valence-electron chi connectivity index (χ3n) is 5.94. The van der Waals surface area contributed by atoms with E-state index in [1.807, 2.05) is 24.3 Å². The molecule has 4 aromatic rings. The number of imidazole rings is 1. The van der Waals surface area contributed by atoms with Crippen molar-refractivity contribution >= 4 is 57.3 Å². The van der Waals surface area contributed by atoms with Crippen LogP contribution >= 0.6 is 23.1 Å². The van der Waals surface area contributed by atoms with Gasteiger partial charge in [-0.2, -0.15) is 0 Å². The molecule has 32 heavy (non-hydrogen) atoms. The molecule has 1 aliphatic carbocycles. The van der Waals surface area contributed by atoms with E-state index in [-0.39, 0.29) is 23.3 Å². The molecule has 2 atom stereocenters. The molecule has 1 aliphatic heterocycles. The number of ketones is 1. The van der Waals surface area contributed by atoms with Gasteiger partial charge in [-0.05, 0) is 36.7 Å². The summed E-state index contributed by atoms with van der Waals surface area (Å²) in [5.41, 5.74) is 3.88. The van der Waals surface area contributed by atoms with E-state index in [1.54, 1.807) is 12.4 Å². The Kier molecular flexibility index (Phi) is 4.51. The lowest BCUT2D eigenvalue weighted by molar-refractivity contribution is -0.121. The van der Waals surface area contributed by atoms with E-state index in [1.165, 1.54) is 23.1 Å². The number of carbonyl (C=O) groups excluding carboxylic acids is 1. The molecule has 3 aromatic heterocycles. The Morgan fingerprint density at radius 2 is 2.09 bits per heavy atom. The minimum absolute atomic E-state index is 0.0651. The van der Waals surface area contributed by atoms with E-state index in [2.05, 4.69) is 24.9 Å². The van der Waals surface area contributed by atoms with Gasteiger partial charge in [-0.15, -0.1) is 11.3 Å². The molecule has 6 rings (SSSR count). The number of para-hydroxylation sites is 2. The highest BCUT2D eigenvalue weighted by Gasteiger charge is 2.43. The number of aromatic amines is 2. The number of hydrogen-bond acceptors (Lipinski definition) is 7. The predicted octanol–water partition coefficient (Wildman–Crippen LogP) is 4.78. The number of hydrogen-bond donors (Lipinski definition) is 3. The number of nitrogens with zero attached hydrogens (tertiary/aromatic N) is 3. The molecule has 2 aliphatic rings. The van der Waals surface area contributed by atoms with Gasteiger partial charge in [0.15, 0.2) is 15.2 Å². The quantitative estimate of drug-likeness (QED) is 0.400. The van der Waals surface area contributed by atoms with Gasteiger partial charge < -0.3 is 15.1 Å². The third-order valence-corrected chi connectivity index (χ3v) is 7.98. The molecule has 3 N–H and O–H groups in total. The van der Waals surface area contributed by atoms with E-state index in [0.717, 1.165) is 43.1 Å². The van der Waals surface area contributed by atoms with E-state index in [4.69, 9.17) is 0 Å². The van der Waals surface area contributed by atoms with Crippen LogP contribution in [-0.4, -0.2) is 42.5 Å². The van der Waals surface area contributed by atoms with E-state index < -0.39 is 5.97 Å². The first-order valence-corrected chi connectivity index (χ1v) is 11.8. The molecule has 0 amide bonds. The van der Waals surface area contributed by atoms with Gasteiger partial charge in [-0.25, -0.2) is 14.8 Å². The molecule has 10 heteroatoms. The number of fused-ring (bicyclic) bond motifs is 3. The summed E-state index contributed by atoms with van der Waals surface area (Å²) in [6.45, 7) is 0. The van der Waals surface area contributed by atoms with Gasteiger partial charge in [0.05, 0.1) is 22.6 Å². The van der Waals surface area contributed by atoms with Crippen LogP contribution in [-0.2, 0) is 4.79 Å². The molecule has 1 saturated carbocycles. The first-order valence-electron chi connectivity index (χ1n) is 10.2. The Morgan fingerprint density at radius 1 is 1.22 bits per heavy atom. The molecular weight excluding hydrogens is 446 g/mol. The zero-order chi connectivity index (χ0) is 21.8. The minimum Gasteiger partial charge on any atom is -0.477 e. The smallest absolute Gasteiger partial charge is 0.354 e. The Balaban J connectivity index is 1.39. The lowest BCUT2D eigenvalue weighted by atomic mass is 9.72. The van der Waals surface area contributed by atoms with Crippen LogP contribution in [0.25, 0.3) is 11.0 Å². The first-order chi connectivity index (χ1) is 15.6. The highest BCUT2D eigenvalue weighted by atomic mass is 32.2. The average molecular weight is 464 g/mol. The molecule has 1 fully saturated rings. The van der Waals surface area contributed by atoms with Crippen LogP contribution in [0.2, 0.25) is 0 Å². The Bertz CT molecular complexity index is 1380. The summed E-state index contributed by atoms with van der Waals surface area (Å²) in [6, 6.07) is 7.83. The number of nitrogens with one attached hydrogen (secondary N) is 2. The van der Waals surface area contributed by atoms with Crippen molar-refractivity contribution < 1.29 is 14.7 Å². The van der Waals surface area contributed by atoms with Gasteiger partial charge in [-0.1, -0.05) is 12.1 Å². The second kappa shape index (κ2) is 7.42. The number of benzene rings is 1. The van der Waals surface area contributed by atoms with Crippen molar-refractivity contribution in [1.29, 1.82) is 0 Å². The number of H-pyrrole nitrogens is 2. The second-order valence-corrected chi connectivity index (χ2v) is 10.1.